The summed E-state index contributed by atoms with van der Waals surface area (Å²) in [6.07, 6.45) is 5.21. The minimum atomic E-state index is -0.108. The zero-order valence-corrected chi connectivity index (χ0v) is 10.7. The van der Waals surface area contributed by atoms with Crippen LogP contribution in [-0.2, 0) is 6.54 Å². The van der Waals surface area contributed by atoms with Gasteiger partial charge in [-0.3, -0.25) is 4.79 Å². The van der Waals surface area contributed by atoms with Crippen LogP contribution in [0.3, 0.4) is 0 Å². The van der Waals surface area contributed by atoms with Crippen molar-refractivity contribution in [2.75, 3.05) is 0 Å². The summed E-state index contributed by atoms with van der Waals surface area (Å²) in [5.41, 5.74) is -0.108. The molecule has 0 bridgehead atoms. The Morgan fingerprint density at radius 1 is 1.57 bits per heavy atom. The van der Waals surface area contributed by atoms with E-state index in [1.807, 2.05) is 6.08 Å². The first kappa shape index (κ1) is 11.7. The molecule has 0 fully saturated rings. The third kappa shape index (κ3) is 2.78. The van der Waals surface area contributed by atoms with Gasteiger partial charge >= 0.3 is 0 Å². The lowest BCUT2D eigenvalue weighted by Crippen LogP contribution is -2.23. The number of nitrogens with zero attached hydrogens (tertiary/aromatic N) is 2. The van der Waals surface area contributed by atoms with Crippen LogP contribution in [0.2, 0.25) is 0 Å². The van der Waals surface area contributed by atoms with Gasteiger partial charge in [-0.05, 0) is 44.7 Å². The molecule has 0 amide bonds. The van der Waals surface area contributed by atoms with Gasteiger partial charge < -0.3 is 0 Å². The summed E-state index contributed by atoms with van der Waals surface area (Å²) in [7, 11) is 0. The number of hydrogen-bond donors (Lipinski definition) is 0. The Labute approximate surface area is 99.1 Å². The van der Waals surface area contributed by atoms with Crippen molar-refractivity contribution in [2.24, 2.45) is 0 Å². The molecular formula is C9H10Br2N2O. The predicted molar refractivity (Wildman–Crippen MR) is 63.3 cm³/mol. The Kier molecular flexibility index (Phi) is 4.54. The van der Waals surface area contributed by atoms with Crippen LogP contribution >= 0.6 is 31.9 Å². The molecule has 0 N–H and O–H groups in total. The number of unbranched alkanes of at least 4 members (excludes halogenated alkanes) is 1. The number of hydrogen-bond acceptors (Lipinski definition) is 2. The second-order valence-corrected chi connectivity index (χ2v) is 4.41. The van der Waals surface area contributed by atoms with Crippen LogP contribution in [0.1, 0.15) is 12.8 Å². The van der Waals surface area contributed by atoms with E-state index in [1.54, 1.807) is 6.20 Å². The maximum Gasteiger partial charge on any atom is 0.282 e. The van der Waals surface area contributed by atoms with Crippen molar-refractivity contribution in [3.63, 3.8) is 0 Å². The lowest BCUT2D eigenvalue weighted by Gasteiger charge is -2.03. The van der Waals surface area contributed by atoms with Gasteiger partial charge in [0.05, 0.1) is 10.7 Å². The molecule has 0 unspecified atom stereocenters. The van der Waals surface area contributed by atoms with Crippen molar-refractivity contribution in [3.05, 3.63) is 38.2 Å². The third-order valence-electron chi connectivity index (χ3n) is 1.72. The molecule has 0 radical (unpaired) electrons. The van der Waals surface area contributed by atoms with Gasteiger partial charge in [-0.25, -0.2) is 4.68 Å². The Bertz CT molecular complexity index is 387. The molecule has 1 aromatic rings. The second-order valence-electron chi connectivity index (χ2n) is 2.77. The molecule has 5 heteroatoms. The predicted octanol–water partition coefficient (Wildman–Crippen LogP) is 2.73. The number of allylic oxidation sites excluding steroid dienone is 1. The highest BCUT2D eigenvalue weighted by atomic mass is 79.9. The highest BCUT2D eigenvalue weighted by Gasteiger charge is 2.05. The van der Waals surface area contributed by atoms with Crippen LogP contribution in [0.4, 0.5) is 0 Å². The molecule has 0 aliphatic heterocycles. The molecule has 0 saturated carbocycles. The summed E-state index contributed by atoms with van der Waals surface area (Å²) in [6, 6.07) is 0. The van der Waals surface area contributed by atoms with E-state index < -0.39 is 0 Å². The summed E-state index contributed by atoms with van der Waals surface area (Å²) >= 11 is 6.42. The Morgan fingerprint density at radius 2 is 2.29 bits per heavy atom. The van der Waals surface area contributed by atoms with Gasteiger partial charge in [-0.15, -0.1) is 6.58 Å². The normalized spacial score (nSPS) is 10.1. The number of aryl methyl sites for hydroxylation is 1. The smallest absolute Gasteiger partial charge is 0.266 e. The van der Waals surface area contributed by atoms with Crippen molar-refractivity contribution in [1.82, 2.24) is 9.78 Å². The SMILES string of the molecule is C=CCCCn1ncc(Br)c(Br)c1=O. The topological polar surface area (TPSA) is 34.9 Å². The summed E-state index contributed by atoms with van der Waals surface area (Å²) < 4.78 is 2.65. The first-order valence-electron chi connectivity index (χ1n) is 4.19. The largest absolute Gasteiger partial charge is 0.282 e. The summed E-state index contributed by atoms with van der Waals surface area (Å²) in [6.45, 7) is 4.24. The standard InChI is InChI=1S/C9H10Br2N2O/c1-2-3-4-5-13-9(14)8(11)7(10)6-12-13/h2,6H,1,3-5H2. The van der Waals surface area contributed by atoms with E-state index in [4.69, 9.17) is 0 Å². The molecule has 0 aromatic carbocycles. The molecule has 1 aromatic heterocycles. The number of aromatic nitrogens is 2. The van der Waals surface area contributed by atoms with Gasteiger partial charge in [0.25, 0.3) is 5.56 Å². The van der Waals surface area contributed by atoms with Gasteiger partial charge in [0, 0.05) is 6.54 Å². The van der Waals surface area contributed by atoms with E-state index in [2.05, 4.69) is 43.5 Å². The van der Waals surface area contributed by atoms with Crippen molar-refractivity contribution >= 4 is 31.9 Å². The average molecular weight is 322 g/mol. The highest BCUT2D eigenvalue weighted by Crippen LogP contribution is 2.16. The average Bonchev–Trinajstić information content (AvgIpc) is 2.18. The molecule has 3 nitrogen and oxygen atoms in total. The van der Waals surface area contributed by atoms with Gasteiger partial charge in [0.2, 0.25) is 0 Å². The molecule has 0 aliphatic carbocycles. The van der Waals surface area contributed by atoms with E-state index in [1.165, 1.54) is 4.68 Å². The van der Waals surface area contributed by atoms with Gasteiger partial charge in [-0.1, -0.05) is 6.08 Å². The molecule has 1 rings (SSSR count). The van der Waals surface area contributed by atoms with Crippen molar-refractivity contribution in [1.29, 1.82) is 0 Å². The van der Waals surface area contributed by atoms with Crippen molar-refractivity contribution in [2.45, 2.75) is 19.4 Å². The summed E-state index contributed by atoms with van der Waals surface area (Å²) in [5.74, 6) is 0. The second kappa shape index (κ2) is 5.46. The minimum absolute atomic E-state index is 0.108. The zero-order valence-electron chi connectivity index (χ0n) is 7.54. The minimum Gasteiger partial charge on any atom is -0.266 e. The Morgan fingerprint density at radius 3 is 2.93 bits per heavy atom. The molecule has 0 aliphatic rings. The number of halogens is 2. The van der Waals surface area contributed by atoms with Crippen molar-refractivity contribution < 1.29 is 0 Å². The van der Waals surface area contributed by atoms with Crippen molar-refractivity contribution in [3.8, 4) is 0 Å². The van der Waals surface area contributed by atoms with Crippen LogP contribution in [0.15, 0.2) is 32.6 Å². The van der Waals surface area contributed by atoms with E-state index >= 15 is 0 Å². The zero-order chi connectivity index (χ0) is 10.6. The van der Waals surface area contributed by atoms with Crippen LogP contribution in [0.5, 0.6) is 0 Å². The lowest BCUT2D eigenvalue weighted by atomic mass is 10.3. The first-order chi connectivity index (χ1) is 6.66. The fraction of sp³-hybridized carbons (Fsp3) is 0.333. The molecule has 14 heavy (non-hydrogen) atoms. The molecule has 0 atom stereocenters. The van der Waals surface area contributed by atoms with E-state index in [0.717, 1.165) is 12.8 Å². The fourth-order valence-electron chi connectivity index (χ4n) is 0.990. The summed E-state index contributed by atoms with van der Waals surface area (Å²) in [5, 5.41) is 4.00. The Balaban J connectivity index is 2.83. The van der Waals surface area contributed by atoms with Crippen LogP contribution in [-0.4, -0.2) is 9.78 Å². The van der Waals surface area contributed by atoms with Crippen LogP contribution in [0, 0.1) is 0 Å². The van der Waals surface area contributed by atoms with Gasteiger partial charge in [-0.2, -0.15) is 5.10 Å². The monoisotopic (exact) mass is 320 g/mol. The van der Waals surface area contributed by atoms with Crippen LogP contribution < -0.4 is 5.56 Å². The summed E-state index contributed by atoms with van der Waals surface area (Å²) in [4.78, 5) is 11.6. The van der Waals surface area contributed by atoms with Gasteiger partial charge in [0.15, 0.2) is 0 Å². The van der Waals surface area contributed by atoms with Gasteiger partial charge in [0.1, 0.15) is 4.47 Å². The maximum atomic E-state index is 11.6. The molecular weight excluding hydrogens is 312 g/mol. The first-order valence-corrected chi connectivity index (χ1v) is 5.77. The molecule has 76 valence electrons. The maximum absolute atomic E-state index is 11.6. The fourth-order valence-corrected chi connectivity index (χ4v) is 1.56. The van der Waals surface area contributed by atoms with Crippen LogP contribution in [0.25, 0.3) is 0 Å². The quantitative estimate of drug-likeness (QED) is 0.631. The molecule has 0 saturated heterocycles. The Hall–Kier alpha value is -0.420. The number of rotatable bonds is 4. The van der Waals surface area contributed by atoms with E-state index in [0.29, 0.717) is 15.5 Å². The van der Waals surface area contributed by atoms with E-state index in [-0.39, 0.29) is 5.56 Å². The molecule has 0 spiro atoms. The van der Waals surface area contributed by atoms with E-state index in [9.17, 15) is 4.79 Å². The third-order valence-corrected chi connectivity index (χ3v) is 3.62. The molecule has 1 heterocycles. The highest BCUT2D eigenvalue weighted by molar-refractivity contribution is 9.13. The lowest BCUT2D eigenvalue weighted by molar-refractivity contribution is 0.549.